The van der Waals surface area contributed by atoms with E-state index in [1.54, 1.807) is 10.8 Å². The van der Waals surface area contributed by atoms with Crippen LogP contribution in [0.1, 0.15) is 16.7 Å². The highest BCUT2D eigenvalue weighted by molar-refractivity contribution is 6.74. The Balaban J connectivity index is 1.67. The fraction of sp³-hybridized carbons (Fsp3) is 0.294. The van der Waals surface area contributed by atoms with Crippen LogP contribution in [0.4, 0.5) is 0 Å². The molecule has 0 amide bonds. The molecule has 0 N–H and O–H groups in total. The lowest BCUT2D eigenvalue weighted by molar-refractivity contribution is 1.09. The molecule has 0 saturated carbocycles. The molecule has 0 unspecified atom stereocenters. The lowest BCUT2D eigenvalue weighted by atomic mass is 10.1. The zero-order chi connectivity index (χ0) is 12.4. The molecule has 2 aromatic rings. The molecule has 0 nitrogen and oxygen atoms in total. The summed E-state index contributed by atoms with van der Waals surface area (Å²) in [7, 11) is -0.661. The van der Waals surface area contributed by atoms with Gasteiger partial charge in [0, 0.05) is 0 Å². The Morgan fingerprint density at radius 3 is 2.61 bits per heavy atom. The van der Waals surface area contributed by atoms with Gasteiger partial charge in [-0.05, 0) is 30.9 Å². The van der Waals surface area contributed by atoms with Crippen LogP contribution in [0.5, 0.6) is 0 Å². The van der Waals surface area contributed by atoms with Gasteiger partial charge in [0.1, 0.15) is 0 Å². The van der Waals surface area contributed by atoms with E-state index in [2.05, 4.69) is 55.5 Å². The van der Waals surface area contributed by atoms with E-state index >= 15 is 0 Å². The zero-order valence-corrected chi connectivity index (χ0v) is 12.2. The van der Waals surface area contributed by atoms with E-state index < -0.39 is 8.80 Å². The molecule has 92 valence electrons. The Labute approximate surface area is 111 Å². The highest BCUT2D eigenvalue weighted by Crippen LogP contribution is 2.18. The third-order valence-electron chi connectivity index (χ3n) is 4.16. The summed E-state index contributed by atoms with van der Waals surface area (Å²) in [6.45, 7) is 2.16. The van der Waals surface area contributed by atoms with E-state index in [9.17, 15) is 0 Å². The van der Waals surface area contributed by atoms with Gasteiger partial charge in [-0.1, -0.05) is 71.4 Å². The summed E-state index contributed by atoms with van der Waals surface area (Å²) in [4.78, 5) is 0. The molecule has 1 atom stereocenters. The number of aryl methyl sites for hydroxylation is 3. The van der Waals surface area contributed by atoms with Crippen LogP contribution in [0.25, 0.3) is 0 Å². The first-order chi connectivity index (χ1) is 8.83. The van der Waals surface area contributed by atoms with Gasteiger partial charge >= 0.3 is 0 Å². The number of rotatable bonds is 3. The first kappa shape index (κ1) is 11.7. The molecule has 1 aliphatic heterocycles. The SMILES string of the molecule is Cc1ccc(CC[Si@H]2CCc3ccccc32)cc1. The fourth-order valence-electron chi connectivity index (χ4n) is 3.04. The van der Waals surface area contributed by atoms with Gasteiger partial charge in [0.2, 0.25) is 0 Å². The number of hydrogen-bond acceptors (Lipinski definition) is 0. The van der Waals surface area contributed by atoms with Gasteiger partial charge in [-0.2, -0.15) is 0 Å². The molecule has 0 aromatic heterocycles. The average molecular weight is 252 g/mol. The zero-order valence-electron chi connectivity index (χ0n) is 11.0. The largest absolute Gasteiger partial charge is 0.0718 e. The predicted molar refractivity (Wildman–Crippen MR) is 81.4 cm³/mol. The fourth-order valence-corrected chi connectivity index (χ4v) is 6.44. The molecule has 0 saturated heterocycles. The van der Waals surface area contributed by atoms with Gasteiger partial charge in [0.25, 0.3) is 0 Å². The van der Waals surface area contributed by atoms with E-state index in [0.717, 1.165) is 0 Å². The summed E-state index contributed by atoms with van der Waals surface area (Å²) >= 11 is 0. The maximum absolute atomic E-state index is 2.38. The molecule has 2 aromatic carbocycles. The van der Waals surface area contributed by atoms with Crippen molar-refractivity contribution in [1.82, 2.24) is 0 Å². The molecule has 0 radical (unpaired) electrons. The van der Waals surface area contributed by atoms with E-state index in [1.165, 1.54) is 36.1 Å². The van der Waals surface area contributed by atoms with Gasteiger partial charge < -0.3 is 0 Å². The Hall–Kier alpha value is -1.34. The maximum Gasteiger partial charge on any atom is 0.0718 e. The van der Waals surface area contributed by atoms with Crippen LogP contribution in [0.3, 0.4) is 0 Å². The topological polar surface area (TPSA) is 0 Å². The van der Waals surface area contributed by atoms with Crippen LogP contribution < -0.4 is 5.19 Å². The van der Waals surface area contributed by atoms with Gasteiger partial charge in [-0.15, -0.1) is 0 Å². The van der Waals surface area contributed by atoms with Crippen molar-refractivity contribution in [2.45, 2.75) is 31.9 Å². The molecule has 0 spiro atoms. The summed E-state index contributed by atoms with van der Waals surface area (Å²) in [6, 6.07) is 21.1. The monoisotopic (exact) mass is 252 g/mol. The Bertz CT molecular complexity index is 528. The molecule has 3 rings (SSSR count). The molecule has 0 fully saturated rings. The summed E-state index contributed by atoms with van der Waals surface area (Å²) in [5, 5.41) is 1.74. The van der Waals surface area contributed by atoms with Crippen molar-refractivity contribution in [2.24, 2.45) is 0 Å². The van der Waals surface area contributed by atoms with Gasteiger partial charge in [-0.3, -0.25) is 0 Å². The first-order valence-electron chi connectivity index (χ1n) is 6.96. The molecule has 1 aliphatic rings. The summed E-state index contributed by atoms with van der Waals surface area (Å²) < 4.78 is 0. The Morgan fingerprint density at radius 1 is 1.00 bits per heavy atom. The van der Waals surface area contributed by atoms with Gasteiger partial charge in [0.15, 0.2) is 0 Å². The lowest BCUT2D eigenvalue weighted by Crippen LogP contribution is -2.26. The number of benzene rings is 2. The van der Waals surface area contributed by atoms with Crippen molar-refractivity contribution in [3.8, 4) is 0 Å². The smallest absolute Gasteiger partial charge is 0.0631 e. The van der Waals surface area contributed by atoms with Crippen LogP contribution in [0.2, 0.25) is 12.1 Å². The second kappa shape index (κ2) is 5.11. The molecule has 18 heavy (non-hydrogen) atoms. The highest BCUT2D eigenvalue weighted by Gasteiger charge is 2.22. The second-order valence-corrected chi connectivity index (χ2v) is 8.63. The summed E-state index contributed by atoms with van der Waals surface area (Å²) in [5.41, 5.74) is 4.51. The summed E-state index contributed by atoms with van der Waals surface area (Å²) in [6.07, 6.45) is 2.60. The molecule has 0 aliphatic carbocycles. The highest BCUT2D eigenvalue weighted by atomic mass is 28.3. The van der Waals surface area contributed by atoms with E-state index in [-0.39, 0.29) is 0 Å². The van der Waals surface area contributed by atoms with Crippen LogP contribution in [-0.4, -0.2) is 8.80 Å². The van der Waals surface area contributed by atoms with Crippen molar-refractivity contribution in [3.63, 3.8) is 0 Å². The quantitative estimate of drug-likeness (QED) is 0.736. The summed E-state index contributed by atoms with van der Waals surface area (Å²) in [5.74, 6) is 0. The van der Waals surface area contributed by atoms with Crippen molar-refractivity contribution in [3.05, 3.63) is 65.2 Å². The molecule has 1 heteroatoms. The van der Waals surface area contributed by atoms with Crippen molar-refractivity contribution < 1.29 is 0 Å². The van der Waals surface area contributed by atoms with Gasteiger partial charge in [0.05, 0.1) is 8.80 Å². The Kier molecular flexibility index (Phi) is 3.33. The van der Waals surface area contributed by atoms with E-state index in [1.807, 2.05) is 0 Å². The van der Waals surface area contributed by atoms with Gasteiger partial charge in [-0.25, -0.2) is 0 Å². The van der Waals surface area contributed by atoms with Crippen LogP contribution in [0, 0.1) is 6.92 Å². The molecular formula is C17H20Si. The molecular weight excluding hydrogens is 232 g/mol. The standard InChI is InChI=1S/C17H20Si/c1-14-6-8-15(9-7-14)10-12-18-13-11-16-4-2-3-5-17(16)18/h2-9,18H,10-13H2,1H3/t18-/m0/s1. The minimum absolute atomic E-state index is 0.661. The normalized spacial score (nSPS) is 17.7. The lowest BCUT2D eigenvalue weighted by Gasteiger charge is -2.10. The first-order valence-corrected chi connectivity index (χ1v) is 9.17. The maximum atomic E-state index is 2.38. The van der Waals surface area contributed by atoms with E-state index in [4.69, 9.17) is 0 Å². The number of fused-ring (bicyclic) bond motifs is 1. The predicted octanol–water partition coefficient (Wildman–Crippen LogP) is 3.23. The second-order valence-electron chi connectivity index (χ2n) is 5.46. The number of hydrogen-bond donors (Lipinski definition) is 0. The van der Waals surface area contributed by atoms with Crippen LogP contribution >= 0.6 is 0 Å². The molecule has 0 bridgehead atoms. The van der Waals surface area contributed by atoms with E-state index in [0.29, 0.717) is 0 Å². The Morgan fingerprint density at radius 2 is 1.78 bits per heavy atom. The van der Waals surface area contributed by atoms with Crippen LogP contribution in [-0.2, 0) is 12.8 Å². The average Bonchev–Trinajstić information content (AvgIpc) is 2.82. The minimum atomic E-state index is -0.661. The minimum Gasteiger partial charge on any atom is -0.0631 e. The third-order valence-corrected chi connectivity index (χ3v) is 7.57. The van der Waals surface area contributed by atoms with Crippen molar-refractivity contribution in [2.75, 3.05) is 0 Å². The van der Waals surface area contributed by atoms with Crippen molar-refractivity contribution in [1.29, 1.82) is 0 Å². The molecule has 1 heterocycles. The van der Waals surface area contributed by atoms with Crippen LogP contribution in [0.15, 0.2) is 48.5 Å². The van der Waals surface area contributed by atoms with Crippen molar-refractivity contribution >= 4 is 14.0 Å². The third kappa shape index (κ3) is 2.41.